The third-order valence-corrected chi connectivity index (χ3v) is 1.16. The molecule has 0 bridgehead atoms. The van der Waals surface area contributed by atoms with E-state index in [1.54, 1.807) is 0 Å². The molecule has 6 heavy (non-hydrogen) atoms. The topological polar surface area (TPSA) is 9.23 Å². The lowest BCUT2D eigenvalue weighted by molar-refractivity contribution is 0.415. The lowest BCUT2D eigenvalue weighted by atomic mass is 10.1. The van der Waals surface area contributed by atoms with E-state index in [-0.39, 0.29) is 0 Å². The molecule has 3 radical (unpaired) electrons. The van der Waals surface area contributed by atoms with E-state index in [9.17, 15) is 0 Å². The zero-order valence-corrected chi connectivity index (χ0v) is 4.40. The van der Waals surface area contributed by atoms with Gasteiger partial charge >= 0.3 is 10.5 Å². The van der Waals surface area contributed by atoms with Gasteiger partial charge in [-0.15, -0.1) is 0 Å². The SMILES string of the molecule is [Si]OC1=CCC1. The number of rotatable bonds is 1. The molecular weight excluding hydrogens is 92.1 g/mol. The van der Waals surface area contributed by atoms with Crippen molar-refractivity contribution in [3.05, 3.63) is 11.8 Å². The minimum Gasteiger partial charge on any atom is -0.544 e. The van der Waals surface area contributed by atoms with Gasteiger partial charge in [0.15, 0.2) is 0 Å². The molecule has 0 heterocycles. The van der Waals surface area contributed by atoms with Crippen LogP contribution in [0.15, 0.2) is 11.8 Å². The maximum absolute atomic E-state index is 4.65. The van der Waals surface area contributed by atoms with Gasteiger partial charge in [0.2, 0.25) is 0 Å². The smallest absolute Gasteiger partial charge is 0.340 e. The molecule has 31 valence electrons. The predicted molar refractivity (Wildman–Crippen MR) is 24.2 cm³/mol. The van der Waals surface area contributed by atoms with Gasteiger partial charge in [-0.25, -0.2) is 0 Å². The van der Waals surface area contributed by atoms with Crippen molar-refractivity contribution in [3.63, 3.8) is 0 Å². The molecule has 1 aliphatic rings. The number of hydrogen-bond acceptors (Lipinski definition) is 1. The zero-order chi connectivity index (χ0) is 4.41. The van der Waals surface area contributed by atoms with Crippen molar-refractivity contribution in [2.75, 3.05) is 0 Å². The van der Waals surface area contributed by atoms with E-state index in [2.05, 4.69) is 14.9 Å². The summed E-state index contributed by atoms with van der Waals surface area (Å²) in [5.74, 6) is 1.06. The molecule has 0 aromatic rings. The van der Waals surface area contributed by atoms with Crippen molar-refractivity contribution in [3.8, 4) is 0 Å². The molecule has 1 rings (SSSR count). The van der Waals surface area contributed by atoms with Gasteiger partial charge in [-0.2, -0.15) is 0 Å². The van der Waals surface area contributed by atoms with Crippen LogP contribution in [0, 0.1) is 0 Å². The summed E-state index contributed by atoms with van der Waals surface area (Å²) in [5.41, 5.74) is 0. The fourth-order valence-electron chi connectivity index (χ4n) is 0.355. The number of allylic oxidation sites excluding steroid dienone is 2. The van der Waals surface area contributed by atoms with Crippen molar-refractivity contribution in [2.24, 2.45) is 0 Å². The van der Waals surface area contributed by atoms with Crippen molar-refractivity contribution in [1.82, 2.24) is 0 Å². The van der Waals surface area contributed by atoms with Crippen LogP contribution in [0.25, 0.3) is 0 Å². The van der Waals surface area contributed by atoms with E-state index >= 15 is 0 Å². The quantitative estimate of drug-likeness (QED) is 0.439. The maximum atomic E-state index is 4.65. The van der Waals surface area contributed by atoms with Crippen molar-refractivity contribution in [2.45, 2.75) is 12.8 Å². The molecule has 1 nitrogen and oxygen atoms in total. The van der Waals surface area contributed by atoms with E-state index in [4.69, 9.17) is 0 Å². The second-order valence-electron chi connectivity index (χ2n) is 1.31. The Hall–Kier alpha value is -0.243. The molecule has 1 aliphatic carbocycles. The molecule has 0 N–H and O–H groups in total. The van der Waals surface area contributed by atoms with E-state index in [1.165, 1.54) is 6.42 Å². The summed E-state index contributed by atoms with van der Waals surface area (Å²) in [4.78, 5) is 0. The van der Waals surface area contributed by atoms with Crippen molar-refractivity contribution < 1.29 is 4.43 Å². The first kappa shape index (κ1) is 3.93. The van der Waals surface area contributed by atoms with Crippen LogP contribution in [0.5, 0.6) is 0 Å². The molecule has 0 fully saturated rings. The standard InChI is InChI=1S/C4H5OSi/c6-5-4-2-1-3-4/h2H,1,3H2. The Balaban J connectivity index is 2.32. The fourth-order valence-corrected chi connectivity index (χ4v) is 0.540. The zero-order valence-electron chi connectivity index (χ0n) is 3.40. The lowest BCUT2D eigenvalue weighted by Crippen LogP contribution is -1.95. The first-order valence-corrected chi connectivity index (χ1v) is 2.37. The second kappa shape index (κ2) is 1.47. The van der Waals surface area contributed by atoms with Gasteiger partial charge in [-0.3, -0.25) is 0 Å². The van der Waals surface area contributed by atoms with E-state index in [0.29, 0.717) is 0 Å². The summed E-state index contributed by atoms with van der Waals surface area (Å²) in [7, 11) is 2.90. The molecule has 0 amide bonds. The van der Waals surface area contributed by atoms with Crippen LogP contribution in [0.1, 0.15) is 12.8 Å². The van der Waals surface area contributed by atoms with Gasteiger partial charge in [0.05, 0.1) is 5.76 Å². The van der Waals surface area contributed by atoms with Gasteiger partial charge in [-0.05, 0) is 12.5 Å². The summed E-state index contributed by atoms with van der Waals surface area (Å²) < 4.78 is 4.65. The van der Waals surface area contributed by atoms with Gasteiger partial charge in [0.25, 0.3) is 0 Å². The van der Waals surface area contributed by atoms with E-state index in [1.807, 2.05) is 6.08 Å². The molecule has 0 aromatic carbocycles. The molecule has 0 aromatic heterocycles. The molecule has 0 spiro atoms. The van der Waals surface area contributed by atoms with Crippen LogP contribution >= 0.6 is 0 Å². The van der Waals surface area contributed by atoms with E-state index in [0.717, 1.165) is 12.2 Å². The van der Waals surface area contributed by atoms with Crippen LogP contribution in [0.3, 0.4) is 0 Å². The van der Waals surface area contributed by atoms with Crippen LogP contribution in [-0.2, 0) is 4.43 Å². The number of hydrogen-bond donors (Lipinski definition) is 0. The summed E-state index contributed by atoms with van der Waals surface area (Å²) in [6.07, 6.45) is 4.33. The van der Waals surface area contributed by atoms with Gasteiger partial charge in [-0.1, -0.05) is 0 Å². The van der Waals surface area contributed by atoms with E-state index < -0.39 is 0 Å². The van der Waals surface area contributed by atoms with Crippen LogP contribution in [-0.4, -0.2) is 10.5 Å². The van der Waals surface area contributed by atoms with Gasteiger partial charge in [0.1, 0.15) is 0 Å². The summed E-state index contributed by atoms with van der Waals surface area (Å²) >= 11 is 0. The largest absolute Gasteiger partial charge is 0.544 e. The van der Waals surface area contributed by atoms with Crippen LogP contribution in [0.2, 0.25) is 0 Å². The Labute approximate surface area is 40.5 Å². The molecule has 0 unspecified atom stereocenters. The molecule has 0 saturated carbocycles. The average Bonchev–Trinajstić information content (AvgIpc) is 1.31. The Bertz CT molecular complexity index is 77.6. The minimum absolute atomic E-state index is 1.06. The average molecular weight is 97.2 g/mol. The van der Waals surface area contributed by atoms with Crippen LogP contribution < -0.4 is 0 Å². The van der Waals surface area contributed by atoms with Gasteiger partial charge in [0, 0.05) is 6.42 Å². The Morgan fingerprint density at radius 1 is 1.83 bits per heavy atom. The van der Waals surface area contributed by atoms with Crippen molar-refractivity contribution in [1.29, 1.82) is 0 Å². The van der Waals surface area contributed by atoms with Crippen molar-refractivity contribution >= 4 is 10.5 Å². The normalized spacial score (nSPS) is 18.5. The third kappa shape index (κ3) is 0.475. The Morgan fingerprint density at radius 3 is 2.50 bits per heavy atom. The monoisotopic (exact) mass is 97.0 g/mol. The highest BCUT2D eigenvalue weighted by Crippen LogP contribution is 2.16. The van der Waals surface area contributed by atoms with Gasteiger partial charge < -0.3 is 4.43 Å². The maximum Gasteiger partial charge on any atom is 0.340 e. The Kier molecular flexibility index (Phi) is 0.963. The summed E-state index contributed by atoms with van der Waals surface area (Å²) in [6, 6.07) is 0. The fraction of sp³-hybridized carbons (Fsp3) is 0.500. The predicted octanol–water partition coefficient (Wildman–Crippen LogP) is 0.764. The third-order valence-electron chi connectivity index (χ3n) is 0.894. The molecule has 0 saturated heterocycles. The lowest BCUT2D eigenvalue weighted by Gasteiger charge is -2.10. The molecule has 0 aliphatic heterocycles. The first-order valence-electron chi connectivity index (χ1n) is 1.96. The second-order valence-corrected chi connectivity index (χ2v) is 1.52. The summed E-state index contributed by atoms with van der Waals surface area (Å²) in [6.45, 7) is 0. The Morgan fingerprint density at radius 2 is 2.50 bits per heavy atom. The molecule has 2 heteroatoms. The highest BCUT2D eigenvalue weighted by atomic mass is 28.2. The first-order chi connectivity index (χ1) is 2.93. The highest BCUT2D eigenvalue weighted by molar-refractivity contribution is 5.98. The molecule has 0 atom stereocenters. The highest BCUT2D eigenvalue weighted by Gasteiger charge is 2.01. The minimum atomic E-state index is 1.06. The van der Waals surface area contributed by atoms with Crippen LogP contribution in [0.4, 0.5) is 0 Å². The summed E-state index contributed by atoms with van der Waals surface area (Å²) in [5, 5.41) is 0. The molecular formula is C4H5OSi.